The lowest BCUT2D eigenvalue weighted by Gasteiger charge is -1.95. The van der Waals surface area contributed by atoms with Crippen LogP contribution in [0.25, 0.3) is 17.0 Å². The molecule has 0 amide bonds. The topological polar surface area (TPSA) is 140 Å². The number of furan rings is 1. The highest BCUT2D eigenvalue weighted by atomic mass is 31.1. The molecule has 0 saturated carbocycles. The molecule has 0 spiro atoms. The minimum absolute atomic E-state index is 0.00793. The number of hydrogen-bond donors (Lipinski definition) is 3. The number of nitrogens with one attached hydrogen (secondary N) is 1. The third-order valence-corrected chi connectivity index (χ3v) is 3.38. The van der Waals surface area contributed by atoms with Crippen LogP contribution in [-0.4, -0.2) is 19.4 Å². The first-order chi connectivity index (χ1) is 10.5. The van der Waals surface area contributed by atoms with Gasteiger partial charge in [0.1, 0.15) is 12.4 Å². The van der Waals surface area contributed by atoms with E-state index in [0.717, 1.165) is 0 Å². The van der Waals surface area contributed by atoms with Gasteiger partial charge >= 0.3 is 13.8 Å². The molecule has 0 aliphatic carbocycles. The normalized spacial score (nSPS) is 12.8. The summed E-state index contributed by atoms with van der Waals surface area (Å²) in [5, 5.41) is 0. The Labute approximate surface area is 123 Å². The highest BCUT2D eigenvalue weighted by Gasteiger charge is 2.22. The molecule has 3 rings (SSSR count). The molecule has 11 heteroatoms. The maximum Gasteiger partial charge on any atom is 0.317 e. The van der Waals surface area contributed by atoms with Gasteiger partial charge in [-0.3, -0.25) is 14.3 Å². The molecule has 3 heterocycles. The van der Waals surface area contributed by atoms with Gasteiger partial charge in [-0.2, -0.15) is 4.98 Å². The average molecular weight is 326 g/mol. The Bertz CT molecular complexity index is 927. The van der Waals surface area contributed by atoms with E-state index in [9.17, 15) is 9.36 Å². The van der Waals surface area contributed by atoms with E-state index in [-0.39, 0.29) is 18.1 Å². The van der Waals surface area contributed by atoms with Crippen molar-refractivity contribution in [2.75, 3.05) is 5.73 Å². The minimum Gasteiger partial charge on any atom is -0.425 e. The van der Waals surface area contributed by atoms with Crippen LogP contribution in [0, 0.1) is 0 Å². The van der Waals surface area contributed by atoms with Gasteiger partial charge in [0.2, 0.25) is 5.95 Å². The predicted octanol–water partition coefficient (Wildman–Crippen LogP) is -0.388. The summed E-state index contributed by atoms with van der Waals surface area (Å²) in [6, 6.07) is 3.23. The van der Waals surface area contributed by atoms with E-state index >= 15 is 0 Å². The fourth-order valence-corrected chi connectivity index (χ4v) is 2.38. The summed E-state index contributed by atoms with van der Waals surface area (Å²) >= 11 is 0. The number of aromatic amines is 1. The summed E-state index contributed by atoms with van der Waals surface area (Å²) in [4.78, 5) is 27.1. The molecular weight excluding hydrogens is 313 g/mol. The summed E-state index contributed by atoms with van der Waals surface area (Å²) in [5.41, 5.74) is 5.88. The maximum absolute atomic E-state index is 11.9. The van der Waals surface area contributed by atoms with Crippen LogP contribution in [0.15, 0.2) is 27.7 Å². The van der Waals surface area contributed by atoms with Gasteiger partial charge in [0, 0.05) is 6.07 Å². The van der Waals surface area contributed by atoms with E-state index in [1.807, 2.05) is 0 Å². The molecule has 4 N–H and O–H groups in total. The number of hydrogen-bond acceptors (Lipinski definition) is 6. The number of anilines is 1. The molecule has 3 aromatic rings. The number of fused-ring (bicyclic) bond motifs is 1. The second-order valence-electron chi connectivity index (χ2n) is 4.51. The molecule has 0 aliphatic heterocycles. The largest absolute Gasteiger partial charge is 0.425 e. The van der Waals surface area contributed by atoms with E-state index in [0.29, 0.717) is 22.8 Å². The standard InChI is InChI=1S/C11H12N5O5P/c1-15-5-16(9-8(15)10(17)14-11(12)13-9)7-3-2-6(21-7)4-20-22(18)19/h2-3,5,22H,4H2,1H3,(H3-,12,13,14,17,18,19)/p+1. The predicted molar refractivity (Wildman–Crippen MR) is 75.6 cm³/mol. The quantitative estimate of drug-likeness (QED) is 0.438. The van der Waals surface area contributed by atoms with Crippen molar-refractivity contribution in [1.29, 1.82) is 0 Å². The van der Waals surface area contributed by atoms with Crippen molar-refractivity contribution < 1.29 is 23.0 Å². The van der Waals surface area contributed by atoms with E-state index in [4.69, 9.17) is 15.0 Å². The fourth-order valence-electron chi connectivity index (χ4n) is 2.11. The molecule has 116 valence electrons. The van der Waals surface area contributed by atoms with Gasteiger partial charge in [-0.15, -0.1) is 4.57 Å². The Morgan fingerprint density at radius 3 is 3.09 bits per heavy atom. The highest BCUT2D eigenvalue weighted by molar-refractivity contribution is 7.32. The molecule has 0 aromatic carbocycles. The Hall–Kier alpha value is -2.42. The van der Waals surface area contributed by atoms with E-state index in [2.05, 4.69) is 14.5 Å². The first-order valence-corrected chi connectivity index (χ1v) is 7.43. The molecule has 22 heavy (non-hydrogen) atoms. The zero-order valence-corrected chi connectivity index (χ0v) is 12.4. The number of nitrogens with two attached hydrogens (primary N) is 1. The Balaban J connectivity index is 2.07. The zero-order chi connectivity index (χ0) is 15.9. The number of rotatable bonds is 4. The SMILES string of the molecule is C[n+]1cn(-c2ccc(CO[PH](=O)O)o2)c2nc(N)[nH]c(=O)c21. The molecule has 0 aliphatic rings. The summed E-state index contributed by atoms with van der Waals surface area (Å²) in [6.45, 7) is -0.129. The Morgan fingerprint density at radius 2 is 2.36 bits per heavy atom. The lowest BCUT2D eigenvalue weighted by molar-refractivity contribution is -0.646. The number of imidazole rings is 1. The van der Waals surface area contributed by atoms with Crippen molar-refractivity contribution in [1.82, 2.24) is 14.5 Å². The third-order valence-electron chi connectivity index (χ3n) is 2.99. The molecule has 0 radical (unpaired) electrons. The summed E-state index contributed by atoms with van der Waals surface area (Å²) in [6.07, 6.45) is 1.62. The number of nitrogens with zero attached hydrogens (tertiary/aromatic N) is 3. The molecule has 10 nitrogen and oxygen atoms in total. The van der Waals surface area contributed by atoms with Gasteiger partial charge in [-0.1, -0.05) is 0 Å². The first-order valence-electron chi connectivity index (χ1n) is 6.17. The van der Waals surface area contributed by atoms with Gasteiger partial charge < -0.3 is 19.6 Å². The number of aromatic nitrogens is 4. The highest BCUT2D eigenvalue weighted by Crippen LogP contribution is 2.21. The minimum atomic E-state index is -3.02. The Morgan fingerprint density at radius 1 is 1.59 bits per heavy atom. The number of nitrogen functional groups attached to an aromatic ring is 1. The lowest BCUT2D eigenvalue weighted by atomic mass is 10.5. The van der Waals surface area contributed by atoms with Crippen LogP contribution in [0.4, 0.5) is 5.95 Å². The molecule has 0 bridgehead atoms. The van der Waals surface area contributed by atoms with Crippen LogP contribution in [0.3, 0.4) is 0 Å². The summed E-state index contributed by atoms with van der Waals surface area (Å²) in [5.74, 6) is 0.732. The van der Waals surface area contributed by atoms with E-state index in [1.54, 1.807) is 34.6 Å². The lowest BCUT2D eigenvalue weighted by Crippen LogP contribution is -2.31. The smallest absolute Gasteiger partial charge is 0.317 e. The van der Waals surface area contributed by atoms with Crippen LogP contribution >= 0.6 is 8.25 Å². The van der Waals surface area contributed by atoms with E-state index in [1.165, 1.54) is 0 Å². The summed E-state index contributed by atoms with van der Waals surface area (Å²) in [7, 11) is -1.33. The second kappa shape index (κ2) is 5.41. The van der Waals surface area contributed by atoms with Crippen molar-refractivity contribution in [2.24, 2.45) is 7.05 Å². The first kappa shape index (κ1) is 14.5. The molecular formula is C11H13N5O5P+. The Kier molecular flexibility index (Phi) is 3.57. The van der Waals surface area contributed by atoms with E-state index < -0.39 is 8.25 Å². The maximum atomic E-state index is 11.9. The van der Waals surface area contributed by atoms with Gasteiger partial charge in [0.15, 0.2) is 0 Å². The van der Waals surface area contributed by atoms with Crippen LogP contribution in [0.2, 0.25) is 0 Å². The van der Waals surface area contributed by atoms with Crippen molar-refractivity contribution in [3.63, 3.8) is 0 Å². The molecule has 1 atom stereocenters. The van der Waals surface area contributed by atoms with Gasteiger partial charge in [-0.05, 0) is 6.07 Å². The van der Waals surface area contributed by atoms with Crippen molar-refractivity contribution in [2.45, 2.75) is 6.61 Å². The van der Waals surface area contributed by atoms with Gasteiger partial charge in [-0.25, -0.2) is 4.57 Å². The van der Waals surface area contributed by atoms with Crippen LogP contribution in [0.5, 0.6) is 0 Å². The van der Waals surface area contributed by atoms with Crippen LogP contribution in [0.1, 0.15) is 5.76 Å². The van der Waals surface area contributed by atoms with Crippen LogP contribution in [-0.2, 0) is 22.7 Å². The van der Waals surface area contributed by atoms with Gasteiger partial charge in [0.25, 0.3) is 23.4 Å². The second-order valence-corrected chi connectivity index (χ2v) is 5.33. The van der Waals surface area contributed by atoms with Crippen molar-refractivity contribution in [3.05, 3.63) is 34.6 Å². The monoisotopic (exact) mass is 326 g/mol. The molecule has 0 saturated heterocycles. The average Bonchev–Trinajstić information content (AvgIpc) is 3.01. The molecule has 3 aromatic heterocycles. The molecule has 1 unspecified atom stereocenters. The van der Waals surface area contributed by atoms with Crippen LogP contribution < -0.4 is 15.9 Å². The summed E-state index contributed by atoms with van der Waals surface area (Å²) < 4.78 is 23.8. The third kappa shape index (κ3) is 2.54. The fraction of sp³-hybridized carbons (Fsp3) is 0.182. The number of H-pyrrole nitrogens is 1. The zero-order valence-electron chi connectivity index (χ0n) is 11.4. The van der Waals surface area contributed by atoms with Gasteiger partial charge in [0.05, 0.1) is 7.05 Å². The molecule has 0 fully saturated rings. The van der Waals surface area contributed by atoms with Crippen molar-refractivity contribution in [3.8, 4) is 5.88 Å². The number of aryl methyl sites for hydroxylation is 1. The van der Waals surface area contributed by atoms with Crippen molar-refractivity contribution >= 4 is 25.4 Å².